The predicted molar refractivity (Wildman–Crippen MR) is 82.0 cm³/mol. The molecule has 0 aliphatic carbocycles. The third-order valence-electron chi connectivity index (χ3n) is 3.85. The first-order valence-electron chi connectivity index (χ1n) is 7.79. The smallest absolute Gasteiger partial charge is 0.223 e. The van der Waals surface area contributed by atoms with Crippen molar-refractivity contribution < 1.29 is 14.3 Å². The fourth-order valence-corrected chi connectivity index (χ4v) is 2.47. The highest BCUT2D eigenvalue weighted by Crippen LogP contribution is 2.16. The van der Waals surface area contributed by atoms with Crippen LogP contribution in [0.4, 0.5) is 0 Å². The van der Waals surface area contributed by atoms with Crippen molar-refractivity contribution in [3.05, 3.63) is 35.9 Å². The van der Waals surface area contributed by atoms with Gasteiger partial charge < -0.3 is 14.8 Å². The molecule has 1 atom stereocenters. The van der Waals surface area contributed by atoms with E-state index in [9.17, 15) is 4.79 Å². The quantitative estimate of drug-likeness (QED) is 0.786. The Bertz CT molecular complexity index is 415. The van der Waals surface area contributed by atoms with E-state index in [2.05, 4.69) is 24.4 Å². The van der Waals surface area contributed by atoms with Gasteiger partial charge in [0.25, 0.3) is 0 Å². The van der Waals surface area contributed by atoms with E-state index in [1.165, 1.54) is 5.56 Å². The van der Waals surface area contributed by atoms with Crippen LogP contribution < -0.4 is 5.32 Å². The van der Waals surface area contributed by atoms with Gasteiger partial charge in [0.1, 0.15) is 0 Å². The molecule has 116 valence electrons. The molecule has 0 spiro atoms. The number of nitrogens with one attached hydrogen (secondary N) is 1. The lowest BCUT2D eigenvalue weighted by molar-refractivity contribution is -0.127. The minimum Gasteiger partial charge on any atom is -0.381 e. The van der Waals surface area contributed by atoms with E-state index < -0.39 is 0 Å². The van der Waals surface area contributed by atoms with Gasteiger partial charge >= 0.3 is 0 Å². The van der Waals surface area contributed by atoms with E-state index in [0.29, 0.717) is 26.4 Å². The molecule has 0 radical (unpaired) electrons. The molecule has 0 bridgehead atoms. The van der Waals surface area contributed by atoms with Crippen molar-refractivity contribution in [2.45, 2.75) is 32.3 Å². The van der Waals surface area contributed by atoms with Crippen molar-refractivity contribution in [1.29, 1.82) is 0 Å². The normalized spacial score (nSPS) is 17.4. The van der Waals surface area contributed by atoms with E-state index in [1.54, 1.807) is 0 Å². The number of benzene rings is 1. The van der Waals surface area contributed by atoms with Crippen LogP contribution in [0.2, 0.25) is 0 Å². The molecule has 1 N–H and O–H groups in total. The summed E-state index contributed by atoms with van der Waals surface area (Å²) in [5, 5.41) is 2.99. The van der Waals surface area contributed by atoms with Crippen molar-refractivity contribution in [3.63, 3.8) is 0 Å². The number of hydrogen-bond donors (Lipinski definition) is 1. The van der Waals surface area contributed by atoms with Gasteiger partial charge in [-0.2, -0.15) is 0 Å². The Hall–Kier alpha value is -1.39. The monoisotopic (exact) mass is 291 g/mol. The van der Waals surface area contributed by atoms with Gasteiger partial charge in [-0.1, -0.05) is 30.3 Å². The molecule has 1 heterocycles. The highest BCUT2D eigenvalue weighted by molar-refractivity contribution is 5.78. The highest BCUT2D eigenvalue weighted by Gasteiger charge is 2.20. The Labute approximate surface area is 126 Å². The zero-order chi connectivity index (χ0) is 14.9. The summed E-state index contributed by atoms with van der Waals surface area (Å²) in [5.41, 5.74) is 1.18. The summed E-state index contributed by atoms with van der Waals surface area (Å²) in [5.74, 6) is 0.289. The number of hydrogen-bond acceptors (Lipinski definition) is 3. The van der Waals surface area contributed by atoms with Crippen LogP contribution in [0.5, 0.6) is 0 Å². The molecule has 2 rings (SSSR count). The maximum Gasteiger partial charge on any atom is 0.223 e. The van der Waals surface area contributed by atoms with Crippen LogP contribution in [0, 0.1) is 5.92 Å². The molecule has 1 aromatic rings. The molecule has 1 saturated heterocycles. The van der Waals surface area contributed by atoms with E-state index in [-0.39, 0.29) is 17.9 Å². The number of carbonyl (C=O) groups excluding carboxylic acids is 1. The van der Waals surface area contributed by atoms with Crippen LogP contribution in [0.15, 0.2) is 30.3 Å². The minimum absolute atomic E-state index is 0.0948. The molecule has 0 saturated carbocycles. The lowest BCUT2D eigenvalue weighted by Gasteiger charge is -2.21. The van der Waals surface area contributed by atoms with Crippen LogP contribution >= 0.6 is 0 Å². The third-order valence-corrected chi connectivity index (χ3v) is 3.85. The predicted octanol–water partition coefficient (Wildman–Crippen LogP) is 2.70. The van der Waals surface area contributed by atoms with Crippen molar-refractivity contribution >= 4 is 5.91 Å². The lowest BCUT2D eigenvalue weighted by atomic mass is 9.99. The Balaban J connectivity index is 1.56. The summed E-state index contributed by atoms with van der Waals surface area (Å²) in [7, 11) is 0. The Morgan fingerprint density at radius 3 is 2.76 bits per heavy atom. The summed E-state index contributed by atoms with van der Waals surface area (Å²) < 4.78 is 11.0. The van der Waals surface area contributed by atoms with Gasteiger partial charge in [-0.3, -0.25) is 4.79 Å². The van der Waals surface area contributed by atoms with Gasteiger partial charge in [0.05, 0.1) is 6.10 Å². The molecule has 4 heteroatoms. The number of amides is 1. The third kappa shape index (κ3) is 5.48. The van der Waals surface area contributed by atoms with Gasteiger partial charge in [0, 0.05) is 32.3 Å². The van der Waals surface area contributed by atoms with E-state index in [4.69, 9.17) is 9.47 Å². The molecular weight excluding hydrogens is 266 g/mol. The second-order valence-corrected chi connectivity index (χ2v) is 5.45. The second-order valence-electron chi connectivity index (χ2n) is 5.45. The average Bonchev–Trinajstić information content (AvgIpc) is 2.55. The van der Waals surface area contributed by atoms with Gasteiger partial charge in [-0.25, -0.2) is 0 Å². The van der Waals surface area contributed by atoms with Crippen LogP contribution in [-0.4, -0.2) is 32.3 Å². The summed E-state index contributed by atoms with van der Waals surface area (Å²) in [6.07, 6.45) is 2.62. The number of ether oxygens (including phenoxy) is 2. The average molecular weight is 291 g/mol. The summed E-state index contributed by atoms with van der Waals surface area (Å²) >= 11 is 0. The first kappa shape index (κ1) is 16.0. The molecule has 21 heavy (non-hydrogen) atoms. The van der Waals surface area contributed by atoms with E-state index >= 15 is 0 Å². The van der Waals surface area contributed by atoms with Crippen LogP contribution in [-0.2, 0) is 14.3 Å². The molecule has 1 unspecified atom stereocenters. The van der Waals surface area contributed by atoms with Crippen LogP contribution in [0.3, 0.4) is 0 Å². The van der Waals surface area contributed by atoms with Gasteiger partial charge in [-0.05, 0) is 31.7 Å². The molecule has 1 aromatic carbocycles. The van der Waals surface area contributed by atoms with Crippen molar-refractivity contribution in [2.75, 3.05) is 26.4 Å². The maximum atomic E-state index is 11.9. The number of rotatable bonds is 7. The van der Waals surface area contributed by atoms with Crippen LogP contribution in [0.25, 0.3) is 0 Å². The minimum atomic E-state index is 0.0948. The first-order chi connectivity index (χ1) is 10.3. The molecule has 0 aromatic heterocycles. The summed E-state index contributed by atoms with van der Waals surface area (Å²) in [4.78, 5) is 11.9. The zero-order valence-corrected chi connectivity index (χ0v) is 12.7. The van der Waals surface area contributed by atoms with E-state index in [1.807, 2.05) is 18.2 Å². The molecule has 4 nitrogen and oxygen atoms in total. The van der Waals surface area contributed by atoms with Gasteiger partial charge in [0.15, 0.2) is 0 Å². The van der Waals surface area contributed by atoms with Gasteiger partial charge in [-0.15, -0.1) is 0 Å². The first-order valence-corrected chi connectivity index (χ1v) is 7.79. The Kier molecular flexibility index (Phi) is 6.70. The van der Waals surface area contributed by atoms with Crippen LogP contribution in [0.1, 0.15) is 37.9 Å². The van der Waals surface area contributed by atoms with E-state index in [0.717, 1.165) is 19.3 Å². The molecule has 1 aliphatic heterocycles. The topological polar surface area (TPSA) is 47.6 Å². The molecular formula is C17H25NO3. The SMILES string of the molecule is CC(OCCCNC(=O)C1CCOCC1)c1ccccc1. The van der Waals surface area contributed by atoms with Crippen molar-refractivity contribution in [1.82, 2.24) is 5.32 Å². The Morgan fingerprint density at radius 2 is 2.05 bits per heavy atom. The maximum absolute atomic E-state index is 11.9. The zero-order valence-electron chi connectivity index (χ0n) is 12.7. The fourth-order valence-electron chi connectivity index (χ4n) is 2.47. The van der Waals surface area contributed by atoms with Gasteiger partial charge in [0.2, 0.25) is 5.91 Å². The molecule has 1 fully saturated rings. The molecule has 1 aliphatic rings. The second kappa shape index (κ2) is 8.80. The van der Waals surface area contributed by atoms with Crippen molar-refractivity contribution in [2.24, 2.45) is 5.92 Å². The molecule has 1 amide bonds. The Morgan fingerprint density at radius 1 is 1.33 bits per heavy atom. The number of carbonyl (C=O) groups is 1. The lowest BCUT2D eigenvalue weighted by Crippen LogP contribution is -2.35. The highest BCUT2D eigenvalue weighted by atomic mass is 16.5. The summed E-state index contributed by atoms with van der Waals surface area (Å²) in [6, 6.07) is 10.2. The van der Waals surface area contributed by atoms with Crippen molar-refractivity contribution in [3.8, 4) is 0 Å². The standard InChI is InChI=1S/C17H25NO3/c1-14(15-6-3-2-4-7-15)21-11-5-10-18-17(19)16-8-12-20-13-9-16/h2-4,6-7,14,16H,5,8-13H2,1H3,(H,18,19). The fraction of sp³-hybridized carbons (Fsp3) is 0.588. The largest absolute Gasteiger partial charge is 0.381 e. The summed E-state index contributed by atoms with van der Waals surface area (Å²) in [6.45, 7) is 4.79.